The molecule has 1 aromatic carbocycles. The van der Waals surface area contributed by atoms with Crippen LogP contribution in [0.1, 0.15) is 38.4 Å². The van der Waals surface area contributed by atoms with Gasteiger partial charge in [0.05, 0.1) is 12.7 Å². The van der Waals surface area contributed by atoms with E-state index in [1.54, 1.807) is 12.1 Å². The maximum absolute atomic E-state index is 10.2. The van der Waals surface area contributed by atoms with Gasteiger partial charge in [-0.1, -0.05) is 26.0 Å². The van der Waals surface area contributed by atoms with Gasteiger partial charge in [0.25, 0.3) is 0 Å². The van der Waals surface area contributed by atoms with Gasteiger partial charge in [0.1, 0.15) is 12.4 Å². The summed E-state index contributed by atoms with van der Waals surface area (Å²) in [5.74, 6) is 0.962. The molecule has 0 aliphatic carbocycles. The Morgan fingerprint density at radius 1 is 1.27 bits per heavy atom. The highest BCUT2D eigenvalue weighted by molar-refractivity contribution is 5.30. The molecule has 0 saturated heterocycles. The molecule has 22 heavy (non-hydrogen) atoms. The second-order valence-corrected chi connectivity index (χ2v) is 5.40. The average molecular weight is 306 g/mol. The molecular weight excluding hydrogens is 280 g/mol. The predicted octanol–water partition coefficient (Wildman–Crippen LogP) is 2.60. The van der Waals surface area contributed by atoms with Crippen LogP contribution in [0.5, 0.6) is 5.75 Å². The second-order valence-electron chi connectivity index (χ2n) is 5.40. The van der Waals surface area contributed by atoms with Crippen LogP contribution in [-0.4, -0.2) is 35.1 Å². The molecule has 0 amide bonds. The minimum Gasteiger partial charge on any atom is -0.491 e. The number of aliphatic hydroxyl groups excluding tert-OH is 3. The average Bonchev–Trinajstić information content (AvgIpc) is 2.52. The third kappa shape index (κ3) is 6.46. The third-order valence-corrected chi connectivity index (χ3v) is 3.31. The normalized spacial score (nSPS) is 11.9. The largest absolute Gasteiger partial charge is 0.491 e. The van der Waals surface area contributed by atoms with Crippen molar-refractivity contribution in [1.82, 2.24) is 0 Å². The SMILES string of the molecule is CC(C)C(=C=CC[C@@H](O)c1cccc(OCCO)c1)CCO. The molecule has 122 valence electrons. The third-order valence-electron chi connectivity index (χ3n) is 3.31. The standard InChI is InChI=1S/C18H26O4/c1-14(2)15(9-10-19)5-4-8-18(21)16-6-3-7-17(13-16)22-12-11-20/h3-4,6-7,13-14,18-21H,8-12H2,1-2H3/t5?,18-/m1/s1. The molecule has 0 spiro atoms. The van der Waals surface area contributed by atoms with Crippen molar-refractivity contribution >= 4 is 0 Å². The summed E-state index contributed by atoms with van der Waals surface area (Å²) >= 11 is 0. The van der Waals surface area contributed by atoms with Crippen molar-refractivity contribution in [2.75, 3.05) is 19.8 Å². The summed E-state index contributed by atoms with van der Waals surface area (Å²) < 4.78 is 5.33. The van der Waals surface area contributed by atoms with Gasteiger partial charge in [0.2, 0.25) is 0 Å². The van der Waals surface area contributed by atoms with Gasteiger partial charge in [-0.3, -0.25) is 0 Å². The van der Waals surface area contributed by atoms with E-state index in [4.69, 9.17) is 14.9 Å². The summed E-state index contributed by atoms with van der Waals surface area (Å²) in [4.78, 5) is 0. The maximum atomic E-state index is 10.2. The van der Waals surface area contributed by atoms with Gasteiger partial charge in [-0.15, -0.1) is 5.73 Å². The van der Waals surface area contributed by atoms with Crippen LogP contribution in [0.15, 0.2) is 41.6 Å². The van der Waals surface area contributed by atoms with E-state index in [2.05, 4.69) is 19.6 Å². The molecule has 0 heterocycles. The van der Waals surface area contributed by atoms with E-state index in [0.717, 1.165) is 11.1 Å². The smallest absolute Gasteiger partial charge is 0.119 e. The van der Waals surface area contributed by atoms with Crippen molar-refractivity contribution < 1.29 is 20.1 Å². The predicted molar refractivity (Wildman–Crippen MR) is 86.7 cm³/mol. The summed E-state index contributed by atoms with van der Waals surface area (Å²) in [7, 11) is 0. The van der Waals surface area contributed by atoms with Crippen molar-refractivity contribution in [2.24, 2.45) is 5.92 Å². The number of aliphatic hydroxyl groups is 3. The van der Waals surface area contributed by atoms with E-state index in [1.807, 2.05) is 18.2 Å². The lowest BCUT2D eigenvalue weighted by atomic mass is 10.0. The van der Waals surface area contributed by atoms with Crippen LogP contribution < -0.4 is 4.74 Å². The minimum absolute atomic E-state index is 0.0385. The molecule has 0 fully saturated rings. The lowest BCUT2D eigenvalue weighted by Gasteiger charge is -2.11. The van der Waals surface area contributed by atoms with Gasteiger partial charge in [-0.2, -0.15) is 0 Å². The number of benzene rings is 1. The molecule has 4 heteroatoms. The van der Waals surface area contributed by atoms with E-state index in [9.17, 15) is 5.11 Å². The fourth-order valence-corrected chi connectivity index (χ4v) is 2.06. The Hall–Kier alpha value is -1.58. The van der Waals surface area contributed by atoms with E-state index in [1.165, 1.54) is 0 Å². The molecular formula is C18H26O4. The Balaban J connectivity index is 2.72. The van der Waals surface area contributed by atoms with Crippen LogP contribution in [-0.2, 0) is 0 Å². The first kappa shape index (κ1) is 18.5. The Bertz CT molecular complexity index is 502. The van der Waals surface area contributed by atoms with Gasteiger partial charge < -0.3 is 20.1 Å². The Labute approximate surface area is 132 Å². The Morgan fingerprint density at radius 2 is 2.05 bits per heavy atom. The lowest BCUT2D eigenvalue weighted by Crippen LogP contribution is -2.02. The summed E-state index contributed by atoms with van der Waals surface area (Å²) in [5, 5.41) is 28.0. The topological polar surface area (TPSA) is 69.9 Å². The molecule has 4 nitrogen and oxygen atoms in total. The van der Waals surface area contributed by atoms with Crippen molar-refractivity contribution in [2.45, 2.75) is 32.8 Å². The molecule has 0 radical (unpaired) electrons. The molecule has 1 aromatic rings. The first-order chi connectivity index (χ1) is 10.6. The van der Waals surface area contributed by atoms with Crippen LogP contribution >= 0.6 is 0 Å². The van der Waals surface area contributed by atoms with Crippen LogP contribution in [0, 0.1) is 5.92 Å². The zero-order chi connectivity index (χ0) is 16.4. The highest BCUT2D eigenvalue weighted by Gasteiger charge is 2.07. The summed E-state index contributed by atoms with van der Waals surface area (Å²) in [6.07, 6.45) is 2.24. The quantitative estimate of drug-likeness (QED) is 0.613. The fraction of sp³-hybridized carbons (Fsp3) is 0.500. The van der Waals surface area contributed by atoms with Crippen LogP contribution in [0.2, 0.25) is 0 Å². The van der Waals surface area contributed by atoms with Crippen LogP contribution in [0.25, 0.3) is 0 Å². The van der Waals surface area contributed by atoms with Gasteiger partial charge in [0.15, 0.2) is 0 Å². The van der Waals surface area contributed by atoms with Gasteiger partial charge >= 0.3 is 0 Å². The number of hydrogen-bond acceptors (Lipinski definition) is 4. The molecule has 0 aromatic heterocycles. The number of rotatable bonds is 9. The first-order valence-corrected chi connectivity index (χ1v) is 7.65. The highest BCUT2D eigenvalue weighted by atomic mass is 16.5. The maximum Gasteiger partial charge on any atom is 0.119 e. The minimum atomic E-state index is -0.632. The zero-order valence-corrected chi connectivity index (χ0v) is 13.3. The number of ether oxygens (including phenoxy) is 1. The van der Waals surface area contributed by atoms with Crippen molar-refractivity contribution in [3.05, 3.63) is 47.2 Å². The van der Waals surface area contributed by atoms with Gasteiger partial charge in [-0.25, -0.2) is 0 Å². The van der Waals surface area contributed by atoms with Crippen LogP contribution in [0.3, 0.4) is 0 Å². The summed E-state index contributed by atoms with van der Waals surface area (Å²) in [6.45, 7) is 4.43. The van der Waals surface area contributed by atoms with E-state index in [0.29, 0.717) is 24.5 Å². The molecule has 0 bridgehead atoms. The van der Waals surface area contributed by atoms with E-state index < -0.39 is 6.10 Å². The van der Waals surface area contributed by atoms with Gasteiger partial charge in [-0.05, 0) is 41.7 Å². The zero-order valence-electron chi connectivity index (χ0n) is 13.3. The molecule has 3 N–H and O–H groups in total. The summed E-state index contributed by atoms with van der Waals surface area (Å²) in [5.41, 5.74) is 4.99. The second kappa shape index (κ2) is 10.2. The van der Waals surface area contributed by atoms with E-state index in [-0.39, 0.29) is 19.8 Å². The first-order valence-electron chi connectivity index (χ1n) is 7.65. The Kier molecular flexibility index (Phi) is 8.56. The van der Waals surface area contributed by atoms with Gasteiger partial charge in [0, 0.05) is 13.0 Å². The van der Waals surface area contributed by atoms with Crippen molar-refractivity contribution in [1.29, 1.82) is 0 Å². The monoisotopic (exact) mass is 306 g/mol. The molecule has 1 rings (SSSR count). The molecule has 0 aliphatic heterocycles. The van der Waals surface area contributed by atoms with E-state index >= 15 is 0 Å². The lowest BCUT2D eigenvalue weighted by molar-refractivity contribution is 0.179. The summed E-state index contributed by atoms with van der Waals surface area (Å²) in [6, 6.07) is 7.22. The fourth-order valence-electron chi connectivity index (χ4n) is 2.06. The Morgan fingerprint density at radius 3 is 2.68 bits per heavy atom. The van der Waals surface area contributed by atoms with Crippen molar-refractivity contribution in [3.8, 4) is 5.75 Å². The molecule has 0 saturated carbocycles. The van der Waals surface area contributed by atoms with Crippen LogP contribution in [0.4, 0.5) is 0 Å². The van der Waals surface area contributed by atoms with Crippen molar-refractivity contribution in [3.63, 3.8) is 0 Å². The highest BCUT2D eigenvalue weighted by Crippen LogP contribution is 2.22. The molecule has 0 aliphatic rings. The number of hydrogen-bond donors (Lipinski definition) is 3. The molecule has 1 atom stereocenters. The molecule has 0 unspecified atom stereocenters.